The number of carbonyl (C=O) groups excluding carboxylic acids is 1. The van der Waals surface area contributed by atoms with Crippen LogP contribution < -0.4 is 10.2 Å². The summed E-state index contributed by atoms with van der Waals surface area (Å²) < 4.78 is 0. The average Bonchev–Trinajstić information content (AvgIpc) is 2.63. The van der Waals surface area contributed by atoms with Crippen LogP contribution in [0.15, 0.2) is 48.5 Å². The van der Waals surface area contributed by atoms with Gasteiger partial charge in [-0.1, -0.05) is 26.0 Å². The molecule has 0 unspecified atom stereocenters. The second-order valence-corrected chi connectivity index (χ2v) is 7.07. The molecule has 1 amide bonds. The maximum atomic E-state index is 12.5. The summed E-state index contributed by atoms with van der Waals surface area (Å²) >= 11 is 0. The van der Waals surface area contributed by atoms with Crippen molar-refractivity contribution in [3.8, 4) is 0 Å². The third-order valence-electron chi connectivity index (χ3n) is 4.81. The highest BCUT2D eigenvalue weighted by molar-refractivity contribution is 6.04. The molecule has 4 nitrogen and oxygen atoms in total. The van der Waals surface area contributed by atoms with Crippen molar-refractivity contribution in [3.63, 3.8) is 0 Å². The minimum atomic E-state index is -0.0603. The second-order valence-electron chi connectivity index (χ2n) is 7.07. The SMILES string of the molecule is CC(C)c1cccc(C(=O)Nc2ccc(N3CCN(C)CC3)cc2)c1. The molecule has 0 atom stereocenters. The lowest BCUT2D eigenvalue weighted by Crippen LogP contribution is -2.44. The summed E-state index contributed by atoms with van der Waals surface area (Å²) in [5.41, 5.74) is 3.93. The van der Waals surface area contributed by atoms with Gasteiger partial charge >= 0.3 is 0 Å². The van der Waals surface area contributed by atoms with E-state index < -0.39 is 0 Å². The lowest BCUT2D eigenvalue weighted by molar-refractivity contribution is 0.102. The van der Waals surface area contributed by atoms with E-state index in [2.05, 4.69) is 54.2 Å². The van der Waals surface area contributed by atoms with Crippen molar-refractivity contribution >= 4 is 17.3 Å². The van der Waals surface area contributed by atoms with Crippen LogP contribution in [0.1, 0.15) is 35.7 Å². The normalized spacial score (nSPS) is 15.4. The Kier molecular flexibility index (Phi) is 5.39. The van der Waals surface area contributed by atoms with E-state index in [0.29, 0.717) is 11.5 Å². The first kappa shape index (κ1) is 17.5. The molecular formula is C21H27N3O. The number of anilines is 2. The predicted molar refractivity (Wildman–Crippen MR) is 105 cm³/mol. The molecule has 0 aromatic heterocycles. The molecule has 1 aliphatic heterocycles. The largest absolute Gasteiger partial charge is 0.369 e. The molecule has 132 valence electrons. The Bertz CT molecular complexity index is 716. The number of hydrogen-bond acceptors (Lipinski definition) is 3. The highest BCUT2D eigenvalue weighted by Gasteiger charge is 2.14. The monoisotopic (exact) mass is 337 g/mol. The number of benzene rings is 2. The Hall–Kier alpha value is -2.33. The van der Waals surface area contributed by atoms with Crippen molar-refractivity contribution in [2.75, 3.05) is 43.4 Å². The fourth-order valence-corrected chi connectivity index (χ4v) is 3.06. The molecule has 2 aromatic carbocycles. The van der Waals surface area contributed by atoms with E-state index >= 15 is 0 Å². The molecule has 3 rings (SSSR count). The van der Waals surface area contributed by atoms with Gasteiger partial charge in [0.15, 0.2) is 0 Å². The molecule has 0 saturated carbocycles. The maximum absolute atomic E-state index is 12.5. The number of amides is 1. The number of nitrogens with zero attached hydrogens (tertiary/aromatic N) is 2. The van der Waals surface area contributed by atoms with Gasteiger partial charge in [0.25, 0.3) is 5.91 Å². The molecule has 0 aliphatic carbocycles. The van der Waals surface area contributed by atoms with E-state index in [0.717, 1.165) is 31.9 Å². The van der Waals surface area contributed by atoms with Gasteiger partial charge in [-0.25, -0.2) is 0 Å². The molecule has 4 heteroatoms. The summed E-state index contributed by atoms with van der Waals surface area (Å²) in [7, 11) is 2.16. The molecule has 2 aromatic rings. The molecule has 1 aliphatic rings. The molecule has 1 N–H and O–H groups in total. The first-order chi connectivity index (χ1) is 12.0. The third-order valence-corrected chi connectivity index (χ3v) is 4.81. The van der Waals surface area contributed by atoms with E-state index in [4.69, 9.17) is 0 Å². The highest BCUT2D eigenvalue weighted by atomic mass is 16.1. The maximum Gasteiger partial charge on any atom is 0.255 e. The van der Waals surface area contributed by atoms with Crippen LogP contribution in [0.4, 0.5) is 11.4 Å². The summed E-state index contributed by atoms with van der Waals surface area (Å²) in [5, 5.41) is 3.00. The molecule has 0 bridgehead atoms. The molecular weight excluding hydrogens is 310 g/mol. The summed E-state index contributed by atoms with van der Waals surface area (Å²) in [4.78, 5) is 17.2. The Morgan fingerprint density at radius 3 is 2.32 bits per heavy atom. The summed E-state index contributed by atoms with van der Waals surface area (Å²) in [5.74, 6) is 0.352. The summed E-state index contributed by atoms with van der Waals surface area (Å²) in [6, 6.07) is 16.0. The quantitative estimate of drug-likeness (QED) is 0.921. The Labute approximate surface area is 150 Å². The molecule has 0 radical (unpaired) electrons. The van der Waals surface area contributed by atoms with Gasteiger partial charge in [0.1, 0.15) is 0 Å². The summed E-state index contributed by atoms with van der Waals surface area (Å²) in [6.07, 6.45) is 0. The van der Waals surface area contributed by atoms with Gasteiger partial charge in [0.05, 0.1) is 0 Å². The topological polar surface area (TPSA) is 35.6 Å². The smallest absolute Gasteiger partial charge is 0.255 e. The molecule has 0 spiro atoms. The van der Waals surface area contributed by atoms with E-state index in [1.165, 1.54) is 11.3 Å². The third kappa shape index (κ3) is 4.40. The van der Waals surface area contributed by atoms with Crippen molar-refractivity contribution in [2.45, 2.75) is 19.8 Å². The number of nitrogens with one attached hydrogen (secondary N) is 1. The van der Waals surface area contributed by atoms with Gasteiger partial charge < -0.3 is 15.1 Å². The fourth-order valence-electron chi connectivity index (χ4n) is 3.06. The first-order valence-corrected chi connectivity index (χ1v) is 8.98. The minimum Gasteiger partial charge on any atom is -0.369 e. The van der Waals surface area contributed by atoms with E-state index in [9.17, 15) is 4.79 Å². The van der Waals surface area contributed by atoms with Crippen LogP contribution in [0.25, 0.3) is 0 Å². The number of hydrogen-bond donors (Lipinski definition) is 1. The lowest BCUT2D eigenvalue weighted by atomic mass is 10.0. The fraction of sp³-hybridized carbons (Fsp3) is 0.381. The van der Waals surface area contributed by atoms with Crippen LogP contribution in [0.2, 0.25) is 0 Å². The Morgan fingerprint density at radius 2 is 1.68 bits per heavy atom. The van der Waals surface area contributed by atoms with E-state index in [-0.39, 0.29) is 5.91 Å². The second kappa shape index (κ2) is 7.70. The zero-order chi connectivity index (χ0) is 17.8. The van der Waals surface area contributed by atoms with Gasteiger partial charge in [-0.2, -0.15) is 0 Å². The van der Waals surface area contributed by atoms with Crippen LogP contribution >= 0.6 is 0 Å². The lowest BCUT2D eigenvalue weighted by Gasteiger charge is -2.34. The van der Waals surface area contributed by atoms with Gasteiger partial charge in [-0.05, 0) is 54.9 Å². The molecule has 1 heterocycles. The van der Waals surface area contributed by atoms with Crippen LogP contribution in [-0.4, -0.2) is 44.0 Å². The molecule has 1 fully saturated rings. The number of rotatable bonds is 4. The first-order valence-electron chi connectivity index (χ1n) is 8.98. The van der Waals surface area contributed by atoms with Crippen molar-refractivity contribution in [2.24, 2.45) is 0 Å². The van der Waals surface area contributed by atoms with Crippen LogP contribution in [0.5, 0.6) is 0 Å². The van der Waals surface area contributed by atoms with Gasteiger partial charge in [-0.3, -0.25) is 4.79 Å². The minimum absolute atomic E-state index is 0.0603. The Morgan fingerprint density at radius 1 is 1.00 bits per heavy atom. The molecule has 25 heavy (non-hydrogen) atoms. The van der Waals surface area contributed by atoms with Crippen molar-refractivity contribution in [1.29, 1.82) is 0 Å². The highest BCUT2D eigenvalue weighted by Crippen LogP contribution is 2.21. The van der Waals surface area contributed by atoms with Crippen LogP contribution in [0, 0.1) is 0 Å². The van der Waals surface area contributed by atoms with Crippen molar-refractivity contribution in [1.82, 2.24) is 4.90 Å². The average molecular weight is 337 g/mol. The van der Waals surface area contributed by atoms with Gasteiger partial charge in [-0.15, -0.1) is 0 Å². The van der Waals surface area contributed by atoms with Crippen LogP contribution in [0.3, 0.4) is 0 Å². The zero-order valence-electron chi connectivity index (χ0n) is 15.3. The Balaban J connectivity index is 1.65. The number of likely N-dealkylation sites (N-methyl/N-ethyl adjacent to an activating group) is 1. The number of piperazine rings is 1. The standard InChI is InChI=1S/C21H27N3O/c1-16(2)17-5-4-6-18(15-17)21(25)22-19-7-9-20(10-8-19)24-13-11-23(3)12-14-24/h4-10,15-16H,11-14H2,1-3H3,(H,22,25). The van der Waals surface area contributed by atoms with E-state index in [1.54, 1.807) is 0 Å². The van der Waals surface area contributed by atoms with Crippen molar-refractivity contribution < 1.29 is 4.79 Å². The van der Waals surface area contributed by atoms with Gasteiger partial charge in [0.2, 0.25) is 0 Å². The van der Waals surface area contributed by atoms with Crippen LogP contribution in [-0.2, 0) is 0 Å². The van der Waals surface area contributed by atoms with Gasteiger partial charge in [0, 0.05) is 43.1 Å². The number of carbonyl (C=O) groups is 1. The predicted octanol–water partition coefficient (Wildman–Crippen LogP) is 3.81. The van der Waals surface area contributed by atoms with Crippen molar-refractivity contribution in [3.05, 3.63) is 59.7 Å². The molecule has 1 saturated heterocycles. The summed E-state index contributed by atoms with van der Waals surface area (Å²) in [6.45, 7) is 8.53. The van der Waals surface area contributed by atoms with E-state index in [1.807, 2.05) is 30.3 Å². The zero-order valence-corrected chi connectivity index (χ0v) is 15.3.